The van der Waals surface area contributed by atoms with Crippen LogP contribution >= 0.6 is 0 Å². The molecule has 5 aliphatic rings. The quantitative estimate of drug-likeness (QED) is 0.234. The van der Waals surface area contributed by atoms with Crippen molar-refractivity contribution in [2.24, 2.45) is 56.7 Å². The maximum absolute atomic E-state index is 12.9. The van der Waals surface area contributed by atoms with Crippen molar-refractivity contribution in [3.63, 3.8) is 0 Å². The molecule has 4 saturated carbocycles. The summed E-state index contributed by atoms with van der Waals surface area (Å²) in [5, 5.41) is 19.7. The lowest BCUT2D eigenvalue weighted by Crippen LogP contribution is -2.65. The van der Waals surface area contributed by atoms with Gasteiger partial charge in [0.15, 0.2) is 0 Å². The van der Waals surface area contributed by atoms with Crippen molar-refractivity contribution in [1.82, 2.24) is 0 Å². The minimum atomic E-state index is -1.52. The molecule has 5 aliphatic carbocycles. The number of allylic oxidation sites excluding steroid dienone is 2. The maximum atomic E-state index is 12.9. The summed E-state index contributed by atoms with van der Waals surface area (Å²) in [7, 11) is 0. The number of ether oxygens (including phenoxy) is 1. The molecule has 0 aromatic rings. The Morgan fingerprint density at radius 3 is 2.18 bits per heavy atom. The molecule has 0 amide bonds. The van der Waals surface area contributed by atoms with Gasteiger partial charge in [0.25, 0.3) is 0 Å². The first-order valence-electron chi connectivity index (χ1n) is 14.9. The van der Waals surface area contributed by atoms with Gasteiger partial charge in [-0.15, -0.1) is 0 Å². The molecule has 4 unspecified atom stereocenters. The zero-order valence-electron chi connectivity index (χ0n) is 24.4. The first kappa shape index (κ1) is 27.7. The Bertz CT molecular complexity index is 1080. The van der Waals surface area contributed by atoms with Crippen LogP contribution < -0.4 is 0 Å². The van der Waals surface area contributed by atoms with Crippen LogP contribution in [0.2, 0.25) is 0 Å². The highest BCUT2D eigenvalue weighted by molar-refractivity contribution is 6.28. The van der Waals surface area contributed by atoms with Crippen molar-refractivity contribution in [1.29, 1.82) is 0 Å². The lowest BCUT2D eigenvalue weighted by Gasteiger charge is -2.71. The predicted octanol–water partition coefficient (Wildman–Crippen LogP) is 6.73. The van der Waals surface area contributed by atoms with E-state index in [1.54, 1.807) is 0 Å². The van der Waals surface area contributed by atoms with Gasteiger partial charge in [-0.05, 0) is 104 Å². The van der Waals surface area contributed by atoms with Crippen molar-refractivity contribution in [3.8, 4) is 0 Å². The van der Waals surface area contributed by atoms with Crippen molar-refractivity contribution >= 4 is 17.9 Å². The zero-order valence-corrected chi connectivity index (χ0v) is 24.4. The number of carbonyl (C=O) groups excluding carboxylic acids is 1. The standard InChI is InChI=1S/C32H48O6/c1-18-10-15-32(27(36)37)17-16-30(6)20(24(32)19(18)2)8-9-22-29(5)13-12-23(38-26(35)25(33)34)28(3,4)21(29)11-14-31(22,30)7/h8,18-19,21-24H,9-17H2,1-7H3,(H,33,34)(H,36,37)/t18-,19+,21?,22?,23?,24?,29+,30-,31-,32+/m1/s1. The largest absolute Gasteiger partial charge is 0.481 e. The third-order valence-electron chi connectivity index (χ3n) is 13.8. The van der Waals surface area contributed by atoms with Crippen LogP contribution in [0.5, 0.6) is 0 Å². The third-order valence-corrected chi connectivity index (χ3v) is 13.8. The summed E-state index contributed by atoms with van der Waals surface area (Å²) in [6.07, 6.45) is 10.2. The van der Waals surface area contributed by atoms with E-state index < -0.39 is 29.4 Å². The second-order valence-corrected chi connectivity index (χ2v) is 15.2. The summed E-state index contributed by atoms with van der Waals surface area (Å²) < 4.78 is 5.54. The molecule has 0 aromatic carbocycles. The van der Waals surface area contributed by atoms with Crippen LogP contribution in [0.15, 0.2) is 11.6 Å². The number of carboxylic acids is 2. The molecule has 6 nitrogen and oxygen atoms in total. The highest BCUT2D eigenvalue weighted by Crippen LogP contribution is 2.75. The van der Waals surface area contributed by atoms with Crippen LogP contribution in [0, 0.1) is 56.7 Å². The molecular weight excluding hydrogens is 480 g/mol. The van der Waals surface area contributed by atoms with Gasteiger partial charge in [-0.3, -0.25) is 4.79 Å². The molecule has 4 fully saturated rings. The second-order valence-electron chi connectivity index (χ2n) is 15.2. The zero-order chi connectivity index (χ0) is 28.1. The maximum Gasteiger partial charge on any atom is 0.417 e. The van der Waals surface area contributed by atoms with E-state index >= 15 is 0 Å². The van der Waals surface area contributed by atoms with Gasteiger partial charge in [0.05, 0.1) is 5.41 Å². The van der Waals surface area contributed by atoms with E-state index in [4.69, 9.17) is 9.84 Å². The average molecular weight is 529 g/mol. The number of carboxylic acid groups (broad SMARTS) is 2. The van der Waals surface area contributed by atoms with Crippen molar-refractivity contribution in [2.75, 3.05) is 0 Å². The van der Waals surface area contributed by atoms with Gasteiger partial charge in [-0.2, -0.15) is 0 Å². The number of rotatable bonds is 2. The van der Waals surface area contributed by atoms with Crippen molar-refractivity contribution in [3.05, 3.63) is 11.6 Å². The van der Waals surface area contributed by atoms with Gasteiger partial charge < -0.3 is 14.9 Å². The fraction of sp³-hybridized carbons (Fsp3) is 0.844. The van der Waals surface area contributed by atoms with E-state index in [9.17, 15) is 19.5 Å². The van der Waals surface area contributed by atoms with E-state index in [1.807, 2.05) is 0 Å². The van der Waals surface area contributed by atoms with Crippen LogP contribution in [0.4, 0.5) is 0 Å². The first-order chi connectivity index (χ1) is 17.6. The number of hydrogen-bond donors (Lipinski definition) is 2. The van der Waals surface area contributed by atoms with Crippen LogP contribution in [0.3, 0.4) is 0 Å². The SMILES string of the molecule is C[C@@H]1CC[C@]2(C(=O)O)CC[C@]3(C)C(=CCC4[C@@]5(C)CCC(OC(=O)C(=O)O)C(C)(C)C5CC[C@]43C)C2[C@H]1C. The summed E-state index contributed by atoms with van der Waals surface area (Å²) in [6.45, 7) is 16.3. The van der Waals surface area contributed by atoms with Gasteiger partial charge in [0.2, 0.25) is 0 Å². The van der Waals surface area contributed by atoms with E-state index in [2.05, 4.69) is 54.5 Å². The molecule has 0 bridgehead atoms. The molecule has 2 N–H and O–H groups in total. The first-order valence-corrected chi connectivity index (χ1v) is 14.9. The smallest absolute Gasteiger partial charge is 0.417 e. The topological polar surface area (TPSA) is 101 Å². The van der Waals surface area contributed by atoms with E-state index in [1.165, 1.54) is 5.57 Å². The molecular formula is C32H48O6. The van der Waals surface area contributed by atoms with E-state index in [-0.39, 0.29) is 27.6 Å². The van der Waals surface area contributed by atoms with Crippen molar-refractivity contribution in [2.45, 2.75) is 112 Å². The average Bonchev–Trinajstić information content (AvgIpc) is 2.83. The number of aliphatic carboxylic acids is 2. The molecule has 10 atom stereocenters. The number of carbonyl (C=O) groups is 3. The lowest BCUT2D eigenvalue weighted by atomic mass is 9.33. The number of hydrogen-bond acceptors (Lipinski definition) is 4. The summed E-state index contributed by atoms with van der Waals surface area (Å²) in [4.78, 5) is 36.1. The Morgan fingerprint density at radius 1 is 0.868 bits per heavy atom. The normalized spacial score (nSPS) is 49.3. The van der Waals surface area contributed by atoms with E-state index in [0.29, 0.717) is 30.1 Å². The number of fused-ring (bicyclic) bond motifs is 7. The molecule has 0 spiro atoms. The van der Waals surface area contributed by atoms with Crippen LogP contribution in [0.25, 0.3) is 0 Å². The Labute approximate surface area is 228 Å². The molecule has 0 saturated heterocycles. The summed E-state index contributed by atoms with van der Waals surface area (Å²) in [5.74, 6) is -1.50. The monoisotopic (exact) mass is 528 g/mol. The Hall–Kier alpha value is -1.85. The van der Waals surface area contributed by atoms with Crippen LogP contribution in [-0.2, 0) is 19.1 Å². The fourth-order valence-electron chi connectivity index (χ4n) is 11.2. The fourth-order valence-corrected chi connectivity index (χ4v) is 11.2. The second kappa shape index (κ2) is 8.57. The van der Waals surface area contributed by atoms with Gasteiger partial charge in [0, 0.05) is 5.41 Å². The third kappa shape index (κ3) is 3.39. The summed E-state index contributed by atoms with van der Waals surface area (Å²) in [6, 6.07) is 0. The highest BCUT2D eigenvalue weighted by Gasteiger charge is 2.69. The van der Waals surface area contributed by atoms with Crippen LogP contribution in [0.1, 0.15) is 106 Å². The number of esters is 1. The molecule has 38 heavy (non-hydrogen) atoms. The molecule has 0 aliphatic heterocycles. The molecule has 0 heterocycles. The Balaban J connectivity index is 1.53. The minimum absolute atomic E-state index is 0.0321. The summed E-state index contributed by atoms with van der Waals surface area (Å²) >= 11 is 0. The molecule has 6 heteroatoms. The van der Waals surface area contributed by atoms with Crippen LogP contribution in [-0.4, -0.2) is 34.2 Å². The Kier molecular flexibility index (Phi) is 6.25. The Morgan fingerprint density at radius 2 is 1.55 bits per heavy atom. The van der Waals surface area contributed by atoms with Gasteiger partial charge in [-0.25, -0.2) is 9.59 Å². The molecule has 0 aromatic heterocycles. The van der Waals surface area contributed by atoms with Gasteiger partial charge in [0.1, 0.15) is 6.10 Å². The van der Waals surface area contributed by atoms with Crippen molar-refractivity contribution < 1.29 is 29.3 Å². The summed E-state index contributed by atoms with van der Waals surface area (Å²) in [5.41, 5.74) is 0.567. The molecule has 0 radical (unpaired) electrons. The van der Waals surface area contributed by atoms with Gasteiger partial charge in [-0.1, -0.05) is 60.1 Å². The lowest BCUT2D eigenvalue weighted by molar-refractivity contribution is -0.215. The molecule has 212 valence electrons. The minimum Gasteiger partial charge on any atom is -0.481 e. The van der Waals surface area contributed by atoms with Gasteiger partial charge >= 0.3 is 17.9 Å². The molecule has 5 rings (SSSR count). The highest BCUT2D eigenvalue weighted by atomic mass is 16.6. The predicted molar refractivity (Wildman–Crippen MR) is 144 cm³/mol. The van der Waals surface area contributed by atoms with E-state index in [0.717, 1.165) is 51.4 Å².